The number of furan rings is 3. The van der Waals surface area contributed by atoms with Crippen molar-refractivity contribution in [1.29, 1.82) is 0 Å². The molecule has 0 aliphatic rings. The van der Waals surface area contributed by atoms with Crippen LogP contribution in [0.3, 0.4) is 0 Å². The lowest BCUT2D eigenvalue weighted by Crippen LogP contribution is -1.94. The Balaban J connectivity index is 0.000000132. The molecule has 0 atom stereocenters. The van der Waals surface area contributed by atoms with Gasteiger partial charge in [0.1, 0.15) is 33.5 Å². The van der Waals surface area contributed by atoms with Crippen LogP contribution in [0.2, 0.25) is 0 Å². The van der Waals surface area contributed by atoms with Crippen LogP contribution < -0.4 is 0 Å². The smallest absolute Gasteiger partial charge is 0.135 e. The van der Waals surface area contributed by atoms with E-state index >= 15 is 0 Å². The maximum Gasteiger partial charge on any atom is 0.135 e. The third kappa shape index (κ3) is 7.37. The van der Waals surface area contributed by atoms with E-state index in [0.29, 0.717) is 0 Å². The van der Waals surface area contributed by atoms with E-state index in [9.17, 15) is 0 Å². The standard InChI is InChI=1S/C48H28N2O2.C36H22N2O/c1-5-13-41-33(9-1)34-10-2-6-14-42(34)49(41)31-19-23-47-39(27-31)37-25-29(17-21-45(37)51-47)30-18-22-46-38(26-30)40-28-32(20-24-48(40)52-46)50-43-15-7-3-11-35(43)36-12-4-8-16-44(36)50;1-5-13-31-25(9-1)26-10-2-6-14-32(26)37(31)23-17-19-35-29(21-23)30-22-24(18-20-36(30)39-35)38-33-15-7-3-11-27(33)28-12-4-8-16-34(28)38/h1-28H;1-22H. The van der Waals surface area contributed by atoms with Gasteiger partial charge in [-0.15, -0.1) is 0 Å². The monoisotopic (exact) mass is 1160 g/mol. The van der Waals surface area contributed by atoms with Gasteiger partial charge in [0.2, 0.25) is 0 Å². The first kappa shape index (κ1) is 49.8. The van der Waals surface area contributed by atoms with Crippen LogP contribution >= 0.6 is 0 Å². The summed E-state index contributed by atoms with van der Waals surface area (Å²) in [5.41, 5.74) is 21.7. The summed E-state index contributed by atoms with van der Waals surface area (Å²) >= 11 is 0. The van der Waals surface area contributed by atoms with E-state index in [1.807, 2.05) is 0 Å². The highest BCUT2D eigenvalue weighted by Gasteiger charge is 2.20. The molecular weight excluding hydrogens is 1110 g/mol. The molecule has 424 valence electrons. The van der Waals surface area contributed by atoms with E-state index in [1.165, 1.54) is 87.2 Å². The van der Waals surface area contributed by atoms with Crippen molar-refractivity contribution in [3.05, 3.63) is 303 Å². The van der Waals surface area contributed by atoms with Crippen molar-refractivity contribution < 1.29 is 13.3 Å². The zero-order valence-electron chi connectivity index (χ0n) is 48.9. The third-order valence-electron chi connectivity index (χ3n) is 19.0. The van der Waals surface area contributed by atoms with Gasteiger partial charge >= 0.3 is 0 Å². The second-order valence-corrected chi connectivity index (χ2v) is 23.9. The van der Waals surface area contributed by atoms with Gasteiger partial charge in [0.05, 0.1) is 44.1 Å². The Morgan fingerprint density at radius 2 is 0.330 bits per heavy atom. The lowest BCUT2D eigenvalue weighted by Gasteiger charge is -2.09. The molecule has 0 aliphatic heterocycles. The predicted octanol–water partition coefficient (Wildman–Crippen LogP) is 23.1. The van der Waals surface area contributed by atoms with Gasteiger partial charge in [-0.25, -0.2) is 0 Å². The minimum absolute atomic E-state index is 0.878. The first-order valence-electron chi connectivity index (χ1n) is 31.0. The second kappa shape index (κ2) is 19.1. The summed E-state index contributed by atoms with van der Waals surface area (Å²) in [6.07, 6.45) is 0. The van der Waals surface area contributed by atoms with Gasteiger partial charge in [-0.05, 0) is 157 Å². The predicted molar refractivity (Wildman–Crippen MR) is 378 cm³/mol. The fraction of sp³-hybridized carbons (Fsp3) is 0. The number of aromatic nitrogens is 4. The highest BCUT2D eigenvalue weighted by Crippen LogP contribution is 2.42. The van der Waals surface area contributed by atoms with Crippen LogP contribution in [0.1, 0.15) is 0 Å². The van der Waals surface area contributed by atoms with Gasteiger partial charge in [0.15, 0.2) is 0 Å². The minimum atomic E-state index is 0.878. The molecule has 0 radical (unpaired) electrons. The third-order valence-corrected chi connectivity index (χ3v) is 19.0. The summed E-state index contributed by atoms with van der Waals surface area (Å²) in [5, 5.41) is 16.7. The molecule has 0 saturated carbocycles. The van der Waals surface area contributed by atoms with Crippen LogP contribution in [0.25, 0.3) is 187 Å². The fourth-order valence-electron chi connectivity index (χ4n) is 15.0. The van der Waals surface area contributed by atoms with Crippen LogP contribution in [0.4, 0.5) is 0 Å². The Morgan fingerprint density at radius 3 is 0.538 bits per heavy atom. The van der Waals surface area contributed by atoms with E-state index < -0.39 is 0 Å². The number of nitrogens with zero attached hydrogens (tertiary/aromatic N) is 4. The van der Waals surface area contributed by atoms with Gasteiger partial charge in [0.25, 0.3) is 0 Å². The van der Waals surface area contributed by atoms with E-state index in [0.717, 1.165) is 99.7 Å². The van der Waals surface area contributed by atoms with Crippen LogP contribution in [0.15, 0.2) is 317 Å². The minimum Gasteiger partial charge on any atom is -0.456 e. The van der Waals surface area contributed by atoms with E-state index in [4.69, 9.17) is 13.3 Å². The molecule has 14 aromatic carbocycles. The summed E-state index contributed by atoms with van der Waals surface area (Å²) in [6.45, 7) is 0. The molecule has 0 unspecified atom stereocenters. The second-order valence-electron chi connectivity index (χ2n) is 23.9. The summed E-state index contributed by atoms with van der Waals surface area (Å²) in [4.78, 5) is 0. The lowest BCUT2D eigenvalue weighted by atomic mass is 10.0. The molecule has 91 heavy (non-hydrogen) atoms. The first-order valence-corrected chi connectivity index (χ1v) is 31.0. The molecular formula is C84H50N4O3. The number of para-hydroxylation sites is 8. The molecule has 0 spiro atoms. The van der Waals surface area contributed by atoms with Gasteiger partial charge in [-0.1, -0.05) is 158 Å². The van der Waals surface area contributed by atoms with E-state index in [-0.39, 0.29) is 0 Å². The fourth-order valence-corrected chi connectivity index (χ4v) is 15.0. The van der Waals surface area contributed by atoms with Crippen molar-refractivity contribution in [2.45, 2.75) is 0 Å². The Hall–Kier alpha value is -12.3. The van der Waals surface area contributed by atoms with Crippen molar-refractivity contribution in [2.24, 2.45) is 0 Å². The maximum atomic E-state index is 6.39. The molecule has 21 aromatic rings. The topological polar surface area (TPSA) is 59.1 Å². The van der Waals surface area contributed by atoms with Gasteiger partial charge in [-0.3, -0.25) is 0 Å². The van der Waals surface area contributed by atoms with Crippen molar-refractivity contribution in [3.63, 3.8) is 0 Å². The SMILES string of the molecule is c1ccc2c(c1)c1ccccc1n2-c1ccc2oc3ccc(-c4ccc5oc6ccc(-n7c8ccccc8c8ccccc87)cc6c5c4)cc3c2c1.c1ccc2c(c1)c1ccccc1n2-c1ccc2oc3ccc(-n4c5ccccc5c5ccccc54)cc3c2c1. The molecule has 0 amide bonds. The number of benzene rings is 14. The molecule has 7 heteroatoms. The largest absolute Gasteiger partial charge is 0.456 e. The quantitative estimate of drug-likeness (QED) is 0.173. The summed E-state index contributed by atoms with van der Waals surface area (Å²) in [5.74, 6) is 0. The first-order chi connectivity index (χ1) is 45.1. The van der Waals surface area contributed by atoms with Crippen molar-refractivity contribution in [2.75, 3.05) is 0 Å². The van der Waals surface area contributed by atoms with E-state index in [2.05, 4.69) is 322 Å². The number of rotatable bonds is 5. The molecule has 7 aromatic heterocycles. The summed E-state index contributed by atoms with van der Waals surface area (Å²) in [6, 6.07) is 108. The summed E-state index contributed by atoms with van der Waals surface area (Å²) in [7, 11) is 0. The number of hydrogen-bond acceptors (Lipinski definition) is 3. The molecule has 0 aliphatic carbocycles. The highest BCUT2D eigenvalue weighted by molar-refractivity contribution is 6.16. The molecule has 7 heterocycles. The van der Waals surface area contributed by atoms with Crippen molar-refractivity contribution >= 4 is 153 Å². The zero-order valence-corrected chi connectivity index (χ0v) is 48.9. The Bertz CT molecular complexity index is 6000. The molecule has 0 N–H and O–H groups in total. The van der Waals surface area contributed by atoms with Gasteiger partial charge < -0.3 is 31.5 Å². The van der Waals surface area contributed by atoms with Crippen LogP contribution in [-0.4, -0.2) is 18.3 Å². The Morgan fingerprint density at radius 1 is 0.154 bits per heavy atom. The van der Waals surface area contributed by atoms with Crippen LogP contribution in [0.5, 0.6) is 0 Å². The molecule has 21 rings (SSSR count). The van der Waals surface area contributed by atoms with Gasteiger partial charge in [0, 0.05) is 98.2 Å². The maximum absolute atomic E-state index is 6.39. The van der Waals surface area contributed by atoms with Crippen molar-refractivity contribution in [3.8, 4) is 33.9 Å². The molecule has 0 fully saturated rings. The molecule has 7 nitrogen and oxygen atoms in total. The van der Waals surface area contributed by atoms with Crippen LogP contribution in [0, 0.1) is 0 Å². The number of hydrogen-bond donors (Lipinski definition) is 0. The number of fused-ring (bicyclic) bond motifs is 21. The van der Waals surface area contributed by atoms with Crippen molar-refractivity contribution in [1.82, 2.24) is 18.3 Å². The highest BCUT2D eigenvalue weighted by atomic mass is 16.3. The average Bonchev–Trinajstić information content (AvgIpc) is 1.65. The normalized spacial score (nSPS) is 12.2. The zero-order chi connectivity index (χ0) is 59.4. The van der Waals surface area contributed by atoms with Gasteiger partial charge in [-0.2, -0.15) is 0 Å². The molecule has 0 saturated heterocycles. The van der Waals surface area contributed by atoms with Crippen LogP contribution in [-0.2, 0) is 0 Å². The summed E-state index contributed by atoms with van der Waals surface area (Å²) < 4.78 is 28.5. The van der Waals surface area contributed by atoms with E-state index in [1.54, 1.807) is 0 Å². The Labute approximate surface area is 518 Å². The lowest BCUT2D eigenvalue weighted by molar-refractivity contribution is 0.668. The Kier molecular flexibility index (Phi) is 10.4. The average molecular weight is 1160 g/mol. The molecule has 0 bridgehead atoms.